The fourth-order valence-electron chi connectivity index (χ4n) is 3.59. The largest absolute Gasteiger partial charge is 0.493 e. The second kappa shape index (κ2) is 9.61. The van der Waals surface area contributed by atoms with Crippen molar-refractivity contribution in [1.29, 1.82) is 0 Å². The second-order valence-electron chi connectivity index (χ2n) is 7.25. The molecule has 8 heteroatoms. The predicted molar refractivity (Wildman–Crippen MR) is 115 cm³/mol. The molecule has 2 amide bonds. The Morgan fingerprint density at radius 2 is 1.71 bits per heavy atom. The normalized spacial score (nSPS) is 16.0. The number of rotatable bonds is 8. The molecule has 31 heavy (non-hydrogen) atoms. The van der Waals surface area contributed by atoms with Gasteiger partial charge in [0.25, 0.3) is 5.91 Å². The molecule has 1 heterocycles. The standard InChI is InChI=1S/C23H26N2O6/c1-24(12-11-15-5-10-19(29-2)20(13-15)30-3)18-14-21(26)25(22(18)27)17-8-6-16(7-9-17)23(28)31-4/h5-10,13,18H,11-12,14H2,1-4H3/t18-/m0/s1. The number of likely N-dealkylation sites (N-methyl/N-ethyl adjacent to an activating group) is 1. The lowest BCUT2D eigenvalue weighted by molar-refractivity contribution is -0.122. The van der Waals surface area contributed by atoms with Gasteiger partial charge in [-0.15, -0.1) is 0 Å². The molecule has 0 aromatic heterocycles. The van der Waals surface area contributed by atoms with Gasteiger partial charge in [0.2, 0.25) is 5.91 Å². The Bertz CT molecular complexity index is 973. The van der Waals surface area contributed by atoms with Crippen molar-refractivity contribution in [3.8, 4) is 11.5 Å². The second-order valence-corrected chi connectivity index (χ2v) is 7.25. The summed E-state index contributed by atoms with van der Waals surface area (Å²) in [5, 5.41) is 0. The van der Waals surface area contributed by atoms with Crippen LogP contribution in [0.2, 0.25) is 0 Å². The Kier molecular flexibility index (Phi) is 6.91. The van der Waals surface area contributed by atoms with Gasteiger partial charge < -0.3 is 14.2 Å². The van der Waals surface area contributed by atoms with Gasteiger partial charge in [0.05, 0.1) is 45.0 Å². The SMILES string of the molecule is COC(=O)c1ccc(N2C(=O)C[C@H](N(C)CCc3ccc(OC)c(OC)c3)C2=O)cc1. The number of imide groups is 1. The first-order valence-electron chi connectivity index (χ1n) is 9.86. The van der Waals surface area contributed by atoms with Crippen molar-refractivity contribution >= 4 is 23.5 Å². The third kappa shape index (κ3) is 4.69. The van der Waals surface area contributed by atoms with Gasteiger partial charge in [-0.2, -0.15) is 0 Å². The van der Waals surface area contributed by atoms with E-state index in [1.807, 2.05) is 30.1 Å². The number of ether oxygens (including phenoxy) is 3. The lowest BCUT2D eigenvalue weighted by Gasteiger charge is -2.23. The van der Waals surface area contributed by atoms with Gasteiger partial charge in [-0.1, -0.05) is 6.07 Å². The fraction of sp³-hybridized carbons (Fsp3) is 0.348. The number of hydrogen-bond donors (Lipinski definition) is 0. The van der Waals surface area contributed by atoms with E-state index >= 15 is 0 Å². The van der Waals surface area contributed by atoms with Crippen LogP contribution in [0.5, 0.6) is 11.5 Å². The average Bonchev–Trinajstić information content (AvgIpc) is 3.10. The van der Waals surface area contributed by atoms with Crippen LogP contribution in [0.25, 0.3) is 0 Å². The number of benzene rings is 2. The maximum Gasteiger partial charge on any atom is 0.337 e. The monoisotopic (exact) mass is 426 g/mol. The van der Waals surface area contributed by atoms with Gasteiger partial charge in [0, 0.05) is 6.54 Å². The molecule has 0 bridgehead atoms. The summed E-state index contributed by atoms with van der Waals surface area (Å²) in [6.45, 7) is 0.592. The lowest BCUT2D eigenvalue weighted by Crippen LogP contribution is -2.40. The first-order chi connectivity index (χ1) is 14.9. The van der Waals surface area contributed by atoms with Crippen LogP contribution in [-0.2, 0) is 20.7 Å². The molecule has 0 saturated carbocycles. The van der Waals surface area contributed by atoms with Crippen LogP contribution in [0.4, 0.5) is 5.69 Å². The highest BCUT2D eigenvalue weighted by Gasteiger charge is 2.41. The Morgan fingerprint density at radius 3 is 2.32 bits per heavy atom. The molecule has 1 aliphatic rings. The van der Waals surface area contributed by atoms with Crippen LogP contribution >= 0.6 is 0 Å². The minimum Gasteiger partial charge on any atom is -0.493 e. The zero-order valence-electron chi connectivity index (χ0n) is 18.1. The highest BCUT2D eigenvalue weighted by Crippen LogP contribution is 2.29. The molecule has 1 fully saturated rings. The Morgan fingerprint density at radius 1 is 1.03 bits per heavy atom. The van der Waals surface area contributed by atoms with Crippen LogP contribution in [0, 0.1) is 0 Å². The molecule has 0 spiro atoms. The highest BCUT2D eigenvalue weighted by molar-refractivity contribution is 6.22. The maximum atomic E-state index is 13.0. The molecule has 0 unspecified atom stereocenters. The molecule has 1 aliphatic heterocycles. The third-order valence-corrected chi connectivity index (χ3v) is 5.40. The van der Waals surface area contributed by atoms with Crippen LogP contribution < -0.4 is 14.4 Å². The maximum absolute atomic E-state index is 13.0. The smallest absolute Gasteiger partial charge is 0.337 e. The van der Waals surface area contributed by atoms with E-state index in [0.29, 0.717) is 35.7 Å². The Balaban J connectivity index is 1.66. The minimum atomic E-state index is -0.534. The Hall–Kier alpha value is -3.39. The van der Waals surface area contributed by atoms with Crippen LogP contribution in [0.3, 0.4) is 0 Å². The first-order valence-corrected chi connectivity index (χ1v) is 9.86. The number of anilines is 1. The van der Waals surface area contributed by atoms with Gasteiger partial charge in [0.15, 0.2) is 11.5 Å². The summed E-state index contributed by atoms with van der Waals surface area (Å²) in [6.07, 6.45) is 0.794. The van der Waals surface area contributed by atoms with Crippen molar-refractivity contribution in [2.45, 2.75) is 18.9 Å². The van der Waals surface area contributed by atoms with Gasteiger partial charge >= 0.3 is 5.97 Å². The van der Waals surface area contributed by atoms with Crippen molar-refractivity contribution in [3.05, 3.63) is 53.6 Å². The zero-order valence-corrected chi connectivity index (χ0v) is 18.1. The third-order valence-electron chi connectivity index (χ3n) is 5.40. The molecule has 2 aromatic carbocycles. The Labute approximate surface area is 181 Å². The summed E-state index contributed by atoms with van der Waals surface area (Å²) >= 11 is 0. The number of hydrogen-bond acceptors (Lipinski definition) is 7. The number of methoxy groups -OCH3 is 3. The lowest BCUT2D eigenvalue weighted by atomic mass is 10.1. The summed E-state index contributed by atoms with van der Waals surface area (Å²) in [5.74, 6) is 0.296. The van der Waals surface area contributed by atoms with Crippen molar-refractivity contribution in [2.24, 2.45) is 0 Å². The highest BCUT2D eigenvalue weighted by atomic mass is 16.5. The molecule has 0 N–H and O–H groups in total. The van der Waals surface area contributed by atoms with E-state index in [1.165, 1.54) is 24.1 Å². The van der Waals surface area contributed by atoms with E-state index in [-0.39, 0.29) is 18.2 Å². The number of carbonyl (C=O) groups excluding carboxylic acids is 3. The summed E-state index contributed by atoms with van der Waals surface area (Å²) in [6, 6.07) is 11.4. The summed E-state index contributed by atoms with van der Waals surface area (Å²) in [7, 11) is 6.30. The molecular weight excluding hydrogens is 400 g/mol. The molecule has 0 aliphatic carbocycles. The molecule has 1 atom stereocenters. The molecule has 8 nitrogen and oxygen atoms in total. The number of amides is 2. The first kappa shape index (κ1) is 22.3. The van der Waals surface area contributed by atoms with Gasteiger partial charge in [-0.3, -0.25) is 14.5 Å². The van der Waals surface area contributed by atoms with Gasteiger partial charge in [-0.05, 0) is 55.4 Å². The number of esters is 1. The minimum absolute atomic E-state index is 0.111. The molecule has 1 saturated heterocycles. The van der Waals surface area contributed by atoms with Crippen LogP contribution in [-0.4, -0.2) is 63.6 Å². The molecule has 0 radical (unpaired) electrons. The van der Waals surface area contributed by atoms with E-state index < -0.39 is 12.0 Å². The fourth-order valence-corrected chi connectivity index (χ4v) is 3.59. The topological polar surface area (TPSA) is 85.4 Å². The van der Waals surface area contributed by atoms with Gasteiger partial charge in [-0.25, -0.2) is 9.69 Å². The quantitative estimate of drug-likeness (QED) is 0.473. The molecule has 3 rings (SSSR count). The van der Waals surface area contributed by atoms with Crippen molar-refractivity contribution < 1.29 is 28.6 Å². The molecule has 2 aromatic rings. The molecular formula is C23H26N2O6. The van der Waals surface area contributed by atoms with Crippen molar-refractivity contribution in [3.63, 3.8) is 0 Å². The zero-order chi connectivity index (χ0) is 22.5. The van der Waals surface area contributed by atoms with E-state index in [2.05, 4.69) is 4.74 Å². The van der Waals surface area contributed by atoms with Crippen molar-refractivity contribution in [2.75, 3.05) is 39.8 Å². The summed E-state index contributed by atoms with van der Waals surface area (Å²) in [4.78, 5) is 40.2. The average molecular weight is 426 g/mol. The summed E-state index contributed by atoms with van der Waals surface area (Å²) < 4.78 is 15.3. The van der Waals surface area contributed by atoms with E-state index in [0.717, 1.165) is 5.56 Å². The number of carbonyl (C=O) groups is 3. The van der Waals surface area contributed by atoms with E-state index in [9.17, 15) is 14.4 Å². The predicted octanol–water partition coefficient (Wildman–Crippen LogP) is 2.30. The summed E-state index contributed by atoms with van der Waals surface area (Å²) in [5.41, 5.74) is 1.84. The van der Waals surface area contributed by atoms with Crippen LogP contribution in [0.1, 0.15) is 22.3 Å². The van der Waals surface area contributed by atoms with E-state index in [4.69, 9.17) is 9.47 Å². The van der Waals surface area contributed by atoms with Crippen LogP contribution in [0.15, 0.2) is 42.5 Å². The van der Waals surface area contributed by atoms with Crippen molar-refractivity contribution in [1.82, 2.24) is 4.90 Å². The number of nitrogens with zero attached hydrogens (tertiary/aromatic N) is 2. The van der Waals surface area contributed by atoms with E-state index in [1.54, 1.807) is 26.4 Å². The molecule has 164 valence electrons. The van der Waals surface area contributed by atoms with Gasteiger partial charge in [0.1, 0.15) is 0 Å².